The van der Waals surface area contributed by atoms with Crippen LogP contribution in [-0.2, 0) is 9.59 Å². The third-order valence-corrected chi connectivity index (χ3v) is 5.38. The molecule has 0 N–H and O–H groups in total. The Labute approximate surface area is 128 Å². The van der Waals surface area contributed by atoms with Gasteiger partial charge < -0.3 is 4.90 Å². The van der Waals surface area contributed by atoms with Crippen LogP contribution in [0, 0.1) is 5.92 Å². The zero-order chi connectivity index (χ0) is 14.8. The molecule has 1 atom stereocenters. The van der Waals surface area contributed by atoms with E-state index < -0.39 is 0 Å². The van der Waals surface area contributed by atoms with Gasteiger partial charge in [0.15, 0.2) is 0 Å². The van der Waals surface area contributed by atoms with Gasteiger partial charge in [0.25, 0.3) is 5.24 Å². The first-order valence-corrected chi connectivity index (χ1v) is 8.58. The maximum atomic E-state index is 12.5. The first-order valence-electron chi connectivity index (χ1n) is 7.59. The number of likely N-dealkylation sites (tertiary alicyclic amines) is 1. The Morgan fingerprint density at radius 2 is 1.90 bits per heavy atom. The summed E-state index contributed by atoms with van der Waals surface area (Å²) in [6.07, 6.45) is 8.43. The Hall–Kier alpha value is -1.30. The minimum atomic E-state index is -0.123. The lowest BCUT2D eigenvalue weighted by Crippen LogP contribution is -2.49. The molecule has 2 aliphatic heterocycles. The number of imide groups is 1. The summed E-state index contributed by atoms with van der Waals surface area (Å²) in [5, 5.41) is -0.123. The molecular weight excluding hydrogens is 288 g/mol. The molecule has 3 aliphatic rings. The van der Waals surface area contributed by atoms with Crippen molar-refractivity contribution in [1.82, 2.24) is 9.80 Å². The summed E-state index contributed by atoms with van der Waals surface area (Å²) in [6, 6.07) is -0.0182. The van der Waals surface area contributed by atoms with Crippen LogP contribution in [0.5, 0.6) is 0 Å². The van der Waals surface area contributed by atoms with Crippen molar-refractivity contribution in [2.24, 2.45) is 5.92 Å². The van der Waals surface area contributed by atoms with Crippen LogP contribution in [0.2, 0.25) is 0 Å². The monoisotopic (exact) mass is 308 g/mol. The smallest absolute Gasteiger partial charge is 0.289 e. The van der Waals surface area contributed by atoms with E-state index in [1.807, 2.05) is 4.90 Å². The number of rotatable bonds is 2. The van der Waals surface area contributed by atoms with Crippen LogP contribution in [0.3, 0.4) is 0 Å². The fraction of sp³-hybridized carbons (Fsp3) is 0.667. The molecule has 0 aromatic carbocycles. The summed E-state index contributed by atoms with van der Waals surface area (Å²) in [5.41, 5.74) is 0. The lowest BCUT2D eigenvalue weighted by atomic mass is 9.92. The maximum Gasteiger partial charge on any atom is 0.289 e. The van der Waals surface area contributed by atoms with Gasteiger partial charge in [0.1, 0.15) is 0 Å². The molecule has 0 radical (unpaired) electrons. The Kier molecular flexibility index (Phi) is 4.33. The molecular formula is C15H20N2O3S. The normalized spacial score (nSPS) is 27.5. The highest BCUT2D eigenvalue weighted by atomic mass is 32.2. The number of hydrogen-bond acceptors (Lipinski definition) is 4. The SMILES string of the molecule is O=C(C1CC=CCC1)N1CCC(N2C(=O)CSC2=O)CC1. The van der Waals surface area contributed by atoms with Crippen LogP contribution in [-0.4, -0.2) is 51.7 Å². The van der Waals surface area contributed by atoms with Crippen LogP contribution in [0.15, 0.2) is 12.2 Å². The summed E-state index contributed by atoms with van der Waals surface area (Å²) < 4.78 is 0. The first kappa shape index (κ1) is 14.6. The van der Waals surface area contributed by atoms with Crippen LogP contribution in [0.25, 0.3) is 0 Å². The molecule has 0 bridgehead atoms. The summed E-state index contributed by atoms with van der Waals surface area (Å²) in [6.45, 7) is 1.32. The van der Waals surface area contributed by atoms with E-state index in [-0.39, 0.29) is 34.8 Å². The molecule has 0 aromatic rings. The summed E-state index contributed by atoms with van der Waals surface area (Å²) in [5.74, 6) is 0.558. The highest BCUT2D eigenvalue weighted by Crippen LogP contribution is 2.28. The van der Waals surface area contributed by atoms with Gasteiger partial charge in [0.2, 0.25) is 11.8 Å². The minimum Gasteiger partial charge on any atom is -0.342 e. The summed E-state index contributed by atoms with van der Waals surface area (Å²) in [7, 11) is 0. The van der Waals surface area contributed by atoms with E-state index in [9.17, 15) is 14.4 Å². The van der Waals surface area contributed by atoms with E-state index in [4.69, 9.17) is 0 Å². The predicted octanol–water partition coefficient (Wildman–Crippen LogP) is 2.03. The lowest BCUT2D eigenvalue weighted by Gasteiger charge is -2.37. The molecule has 0 saturated carbocycles. The second kappa shape index (κ2) is 6.22. The van der Waals surface area contributed by atoms with Gasteiger partial charge in [-0.05, 0) is 32.1 Å². The highest BCUT2D eigenvalue weighted by Gasteiger charge is 2.38. The quantitative estimate of drug-likeness (QED) is 0.732. The zero-order valence-corrected chi connectivity index (χ0v) is 12.8. The van der Waals surface area contributed by atoms with Crippen LogP contribution >= 0.6 is 11.8 Å². The number of amides is 3. The third-order valence-electron chi connectivity index (χ3n) is 4.54. The molecule has 3 rings (SSSR count). The summed E-state index contributed by atoms with van der Waals surface area (Å²) in [4.78, 5) is 39.2. The lowest BCUT2D eigenvalue weighted by molar-refractivity contribution is -0.137. The van der Waals surface area contributed by atoms with E-state index in [0.717, 1.165) is 31.0 Å². The molecule has 2 heterocycles. The van der Waals surface area contributed by atoms with Crippen LogP contribution < -0.4 is 0 Å². The fourth-order valence-corrected chi connectivity index (χ4v) is 4.11. The van der Waals surface area contributed by atoms with Gasteiger partial charge in [-0.3, -0.25) is 19.3 Å². The van der Waals surface area contributed by atoms with E-state index in [1.54, 1.807) is 0 Å². The van der Waals surface area contributed by atoms with Gasteiger partial charge in [-0.1, -0.05) is 23.9 Å². The molecule has 2 saturated heterocycles. The molecule has 0 spiro atoms. The maximum absolute atomic E-state index is 12.5. The van der Waals surface area contributed by atoms with Gasteiger partial charge in [0.05, 0.1) is 5.75 Å². The standard InChI is InChI=1S/C15H20N2O3S/c18-13-10-21-15(20)17(13)12-6-8-16(9-7-12)14(19)11-4-2-1-3-5-11/h1-2,11-12H,3-10H2. The van der Waals surface area contributed by atoms with E-state index in [1.165, 1.54) is 4.90 Å². The largest absolute Gasteiger partial charge is 0.342 e. The minimum absolute atomic E-state index is 0.0182. The van der Waals surface area contributed by atoms with Gasteiger partial charge in [-0.2, -0.15) is 0 Å². The number of thioether (sulfide) groups is 1. The third kappa shape index (κ3) is 3.00. The van der Waals surface area contributed by atoms with Gasteiger partial charge in [-0.25, -0.2) is 0 Å². The van der Waals surface area contributed by atoms with Crippen molar-refractivity contribution in [3.63, 3.8) is 0 Å². The number of carbonyl (C=O) groups excluding carboxylic acids is 3. The average Bonchev–Trinajstić information content (AvgIpc) is 2.87. The second-order valence-electron chi connectivity index (χ2n) is 5.86. The Balaban J connectivity index is 1.55. The molecule has 1 aliphatic carbocycles. The molecule has 1 unspecified atom stereocenters. The molecule has 3 amide bonds. The summed E-state index contributed by atoms with van der Waals surface area (Å²) >= 11 is 1.09. The van der Waals surface area contributed by atoms with Crippen molar-refractivity contribution < 1.29 is 14.4 Å². The number of piperidine rings is 1. The van der Waals surface area contributed by atoms with Crippen molar-refractivity contribution in [3.8, 4) is 0 Å². The Bertz CT molecular complexity index is 467. The van der Waals surface area contributed by atoms with Crippen molar-refractivity contribution in [2.45, 2.75) is 38.1 Å². The zero-order valence-electron chi connectivity index (χ0n) is 12.0. The average molecular weight is 308 g/mol. The van der Waals surface area contributed by atoms with Gasteiger partial charge >= 0.3 is 0 Å². The molecule has 5 nitrogen and oxygen atoms in total. The van der Waals surface area contributed by atoms with E-state index in [2.05, 4.69) is 12.2 Å². The van der Waals surface area contributed by atoms with E-state index in [0.29, 0.717) is 25.9 Å². The predicted molar refractivity (Wildman–Crippen MR) is 80.8 cm³/mol. The van der Waals surface area contributed by atoms with Crippen molar-refractivity contribution in [2.75, 3.05) is 18.8 Å². The second-order valence-corrected chi connectivity index (χ2v) is 6.78. The number of carbonyl (C=O) groups is 3. The molecule has 6 heteroatoms. The molecule has 0 aromatic heterocycles. The number of allylic oxidation sites excluding steroid dienone is 2. The van der Waals surface area contributed by atoms with Gasteiger partial charge in [0, 0.05) is 25.0 Å². The highest BCUT2D eigenvalue weighted by molar-refractivity contribution is 8.14. The Morgan fingerprint density at radius 3 is 2.48 bits per heavy atom. The van der Waals surface area contributed by atoms with Crippen LogP contribution in [0.4, 0.5) is 4.79 Å². The van der Waals surface area contributed by atoms with Crippen molar-refractivity contribution in [3.05, 3.63) is 12.2 Å². The topological polar surface area (TPSA) is 57.7 Å². The van der Waals surface area contributed by atoms with E-state index >= 15 is 0 Å². The first-order chi connectivity index (χ1) is 10.2. The number of nitrogens with zero attached hydrogens (tertiary/aromatic N) is 2. The molecule has 2 fully saturated rings. The van der Waals surface area contributed by atoms with Gasteiger partial charge in [-0.15, -0.1) is 0 Å². The van der Waals surface area contributed by atoms with Crippen molar-refractivity contribution in [1.29, 1.82) is 0 Å². The Morgan fingerprint density at radius 1 is 1.14 bits per heavy atom. The fourth-order valence-electron chi connectivity index (χ4n) is 3.34. The van der Waals surface area contributed by atoms with Crippen LogP contribution in [0.1, 0.15) is 32.1 Å². The van der Waals surface area contributed by atoms with Crippen molar-refractivity contribution >= 4 is 28.8 Å². The molecule has 114 valence electrons. The number of hydrogen-bond donors (Lipinski definition) is 0. The molecule has 21 heavy (non-hydrogen) atoms.